The van der Waals surface area contributed by atoms with Crippen LogP contribution in [0.25, 0.3) is 0 Å². The van der Waals surface area contributed by atoms with Crippen LogP contribution in [0.1, 0.15) is 17.2 Å². The Bertz CT molecular complexity index is 754. The van der Waals surface area contributed by atoms with Crippen molar-refractivity contribution < 1.29 is 13.6 Å². The van der Waals surface area contributed by atoms with E-state index in [1.807, 2.05) is 18.2 Å². The van der Waals surface area contributed by atoms with E-state index in [0.717, 1.165) is 23.8 Å². The number of nitrogens with one attached hydrogen (secondary N) is 1. The van der Waals surface area contributed by atoms with Crippen molar-refractivity contribution in [1.82, 2.24) is 10.2 Å². The summed E-state index contributed by atoms with van der Waals surface area (Å²) in [5, 5.41) is 3.83. The highest BCUT2D eigenvalue weighted by molar-refractivity contribution is 6.31. The van der Waals surface area contributed by atoms with Gasteiger partial charge < -0.3 is 10.2 Å². The third kappa shape index (κ3) is 3.57. The van der Waals surface area contributed by atoms with Gasteiger partial charge >= 0.3 is 0 Å². The predicted octanol–water partition coefficient (Wildman–Crippen LogP) is 3.33. The van der Waals surface area contributed by atoms with Gasteiger partial charge in [0.1, 0.15) is 11.6 Å². The monoisotopic (exact) mass is 350 g/mol. The highest BCUT2D eigenvalue weighted by Crippen LogP contribution is 2.29. The van der Waals surface area contributed by atoms with Crippen LogP contribution in [0.4, 0.5) is 8.78 Å². The Labute approximate surface area is 144 Å². The molecule has 6 heteroatoms. The van der Waals surface area contributed by atoms with Gasteiger partial charge in [-0.15, -0.1) is 0 Å². The quantitative estimate of drug-likeness (QED) is 0.921. The minimum Gasteiger partial charge on any atom is -0.333 e. The van der Waals surface area contributed by atoms with Crippen molar-refractivity contribution in [3.8, 4) is 0 Å². The van der Waals surface area contributed by atoms with Crippen LogP contribution >= 0.6 is 11.6 Å². The average molecular weight is 351 g/mol. The van der Waals surface area contributed by atoms with Gasteiger partial charge in [-0.2, -0.15) is 0 Å². The van der Waals surface area contributed by atoms with Crippen LogP contribution in [-0.4, -0.2) is 30.4 Å². The van der Waals surface area contributed by atoms with Gasteiger partial charge in [-0.05, 0) is 29.8 Å². The molecule has 0 spiro atoms. The molecule has 1 unspecified atom stereocenters. The molecule has 1 aliphatic heterocycles. The summed E-state index contributed by atoms with van der Waals surface area (Å²) in [6, 6.07) is 10.3. The van der Waals surface area contributed by atoms with Crippen molar-refractivity contribution in [3.63, 3.8) is 0 Å². The van der Waals surface area contributed by atoms with E-state index < -0.39 is 11.6 Å². The second-order valence-corrected chi connectivity index (χ2v) is 6.15. The van der Waals surface area contributed by atoms with Crippen molar-refractivity contribution in [2.24, 2.45) is 0 Å². The minimum atomic E-state index is -0.575. The van der Waals surface area contributed by atoms with E-state index in [1.165, 1.54) is 0 Å². The number of hydrogen-bond acceptors (Lipinski definition) is 2. The Morgan fingerprint density at radius 2 is 2.04 bits per heavy atom. The van der Waals surface area contributed by atoms with Crippen molar-refractivity contribution in [3.05, 3.63) is 70.2 Å². The molecule has 1 amide bonds. The summed E-state index contributed by atoms with van der Waals surface area (Å²) in [5.74, 6) is -1.37. The lowest BCUT2D eigenvalue weighted by molar-refractivity contribution is -0.133. The van der Waals surface area contributed by atoms with Crippen molar-refractivity contribution in [1.29, 1.82) is 0 Å². The Morgan fingerprint density at radius 1 is 1.25 bits per heavy atom. The Hall–Kier alpha value is -1.98. The molecule has 0 aliphatic carbocycles. The summed E-state index contributed by atoms with van der Waals surface area (Å²) < 4.78 is 27.1. The average Bonchev–Trinajstić information content (AvgIpc) is 2.58. The lowest BCUT2D eigenvalue weighted by Gasteiger charge is -2.37. The molecule has 0 saturated carbocycles. The fourth-order valence-corrected chi connectivity index (χ4v) is 3.23. The molecule has 2 aromatic rings. The molecule has 1 N–H and O–H groups in total. The molecule has 1 heterocycles. The Kier molecular flexibility index (Phi) is 5.11. The molecule has 1 saturated heterocycles. The lowest BCUT2D eigenvalue weighted by Crippen LogP contribution is -2.49. The number of nitrogens with zero attached hydrogens (tertiary/aromatic N) is 1. The van der Waals surface area contributed by atoms with Crippen LogP contribution in [-0.2, 0) is 11.2 Å². The summed E-state index contributed by atoms with van der Waals surface area (Å²) in [5.41, 5.74) is 0.913. The zero-order valence-corrected chi connectivity index (χ0v) is 13.7. The molecule has 126 valence electrons. The maximum atomic E-state index is 13.8. The number of carbonyl (C=O) groups is 1. The first-order valence-electron chi connectivity index (χ1n) is 7.75. The van der Waals surface area contributed by atoms with Gasteiger partial charge in [0.15, 0.2) is 0 Å². The molecule has 0 aromatic heterocycles. The van der Waals surface area contributed by atoms with Gasteiger partial charge in [-0.1, -0.05) is 29.8 Å². The molecule has 1 aliphatic rings. The molecule has 1 atom stereocenters. The molecular weight excluding hydrogens is 334 g/mol. The van der Waals surface area contributed by atoms with Gasteiger partial charge in [0, 0.05) is 30.2 Å². The normalized spacial score (nSPS) is 17.8. The smallest absolute Gasteiger partial charge is 0.227 e. The number of carbonyl (C=O) groups excluding carboxylic acids is 1. The van der Waals surface area contributed by atoms with E-state index in [-0.39, 0.29) is 23.9 Å². The van der Waals surface area contributed by atoms with E-state index >= 15 is 0 Å². The second kappa shape index (κ2) is 7.28. The Balaban J connectivity index is 1.84. The zero-order valence-electron chi connectivity index (χ0n) is 12.9. The standard InChI is InChI=1S/C18H17ClF2N2O/c19-15-4-2-1-3-14(15)17-11-22-7-8-23(17)18(24)10-12-9-13(20)5-6-16(12)21/h1-6,9,17,22H,7-8,10-11H2. The first-order chi connectivity index (χ1) is 11.6. The minimum absolute atomic E-state index is 0.0661. The van der Waals surface area contributed by atoms with Crippen LogP contribution in [0.5, 0.6) is 0 Å². The molecule has 0 bridgehead atoms. The molecule has 0 radical (unpaired) electrons. The predicted molar refractivity (Wildman–Crippen MR) is 88.8 cm³/mol. The second-order valence-electron chi connectivity index (χ2n) is 5.74. The summed E-state index contributed by atoms with van der Waals surface area (Å²) in [7, 11) is 0. The van der Waals surface area contributed by atoms with Crippen LogP contribution < -0.4 is 5.32 Å². The topological polar surface area (TPSA) is 32.3 Å². The van der Waals surface area contributed by atoms with Crippen molar-refractivity contribution in [2.45, 2.75) is 12.5 Å². The molecular formula is C18H17ClF2N2O. The fraction of sp³-hybridized carbons (Fsp3) is 0.278. The van der Waals surface area contributed by atoms with E-state index in [1.54, 1.807) is 11.0 Å². The van der Waals surface area contributed by atoms with Crippen LogP contribution in [0.2, 0.25) is 5.02 Å². The van der Waals surface area contributed by atoms with E-state index in [2.05, 4.69) is 5.32 Å². The van der Waals surface area contributed by atoms with Crippen LogP contribution in [0, 0.1) is 11.6 Å². The molecule has 24 heavy (non-hydrogen) atoms. The summed E-state index contributed by atoms with van der Waals surface area (Å²) in [6.45, 7) is 1.71. The third-order valence-electron chi connectivity index (χ3n) is 4.18. The summed E-state index contributed by atoms with van der Waals surface area (Å²) >= 11 is 6.26. The maximum absolute atomic E-state index is 13.8. The number of amides is 1. The number of halogens is 3. The number of piperazine rings is 1. The zero-order chi connectivity index (χ0) is 17.1. The maximum Gasteiger partial charge on any atom is 0.227 e. The number of hydrogen-bond donors (Lipinski definition) is 1. The highest BCUT2D eigenvalue weighted by Gasteiger charge is 2.29. The van der Waals surface area contributed by atoms with E-state index in [0.29, 0.717) is 24.7 Å². The summed E-state index contributed by atoms with van der Waals surface area (Å²) in [4.78, 5) is 14.4. The highest BCUT2D eigenvalue weighted by atomic mass is 35.5. The van der Waals surface area contributed by atoms with Crippen LogP contribution in [0.15, 0.2) is 42.5 Å². The van der Waals surface area contributed by atoms with Gasteiger partial charge in [-0.25, -0.2) is 8.78 Å². The number of rotatable bonds is 3. The SMILES string of the molecule is O=C(Cc1cc(F)ccc1F)N1CCNCC1c1ccccc1Cl. The van der Waals surface area contributed by atoms with Gasteiger partial charge in [-0.3, -0.25) is 4.79 Å². The van der Waals surface area contributed by atoms with Gasteiger partial charge in [0.25, 0.3) is 0 Å². The van der Waals surface area contributed by atoms with Crippen LogP contribution in [0.3, 0.4) is 0 Å². The third-order valence-corrected chi connectivity index (χ3v) is 4.52. The lowest BCUT2D eigenvalue weighted by atomic mass is 10.0. The largest absolute Gasteiger partial charge is 0.333 e. The first-order valence-corrected chi connectivity index (χ1v) is 8.12. The first kappa shape index (κ1) is 16.9. The summed E-state index contributed by atoms with van der Waals surface area (Å²) in [6.07, 6.45) is -0.176. The molecule has 1 fully saturated rings. The van der Waals surface area contributed by atoms with Crippen molar-refractivity contribution >= 4 is 17.5 Å². The Morgan fingerprint density at radius 3 is 2.83 bits per heavy atom. The van der Waals surface area contributed by atoms with Gasteiger partial charge in [0.05, 0.1) is 12.5 Å². The fourth-order valence-electron chi connectivity index (χ4n) is 2.97. The number of benzene rings is 2. The molecule has 3 rings (SSSR count). The van der Waals surface area contributed by atoms with E-state index in [4.69, 9.17) is 11.6 Å². The molecule has 3 nitrogen and oxygen atoms in total. The molecule has 2 aromatic carbocycles. The van der Waals surface area contributed by atoms with Crippen molar-refractivity contribution in [2.75, 3.05) is 19.6 Å². The van der Waals surface area contributed by atoms with E-state index in [9.17, 15) is 13.6 Å². The van der Waals surface area contributed by atoms with Gasteiger partial charge in [0.2, 0.25) is 5.91 Å².